The van der Waals surface area contributed by atoms with E-state index in [0.29, 0.717) is 0 Å². The van der Waals surface area contributed by atoms with Crippen molar-refractivity contribution in [2.75, 3.05) is 0 Å². The average molecular weight is 308 g/mol. The Kier molecular flexibility index (Phi) is 5.21. The van der Waals surface area contributed by atoms with Gasteiger partial charge in [0.15, 0.2) is 0 Å². The van der Waals surface area contributed by atoms with E-state index in [4.69, 9.17) is 0 Å². The van der Waals surface area contributed by atoms with Crippen molar-refractivity contribution in [3.8, 4) is 11.1 Å². The van der Waals surface area contributed by atoms with E-state index in [-0.39, 0.29) is 0 Å². The predicted molar refractivity (Wildman–Crippen MR) is 106 cm³/mol. The molecule has 0 radical (unpaired) electrons. The molecule has 0 aliphatic carbocycles. The van der Waals surface area contributed by atoms with Gasteiger partial charge in [0.2, 0.25) is 0 Å². The molecule has 0 spiro atoms. The Morgan fingerprint density at radius 3 is 1.58 bits per heavy atom. The van der Waals surface area contributed by atoms with Gasteiger partial charge in [-0.15, -0.1) is 0 Å². The molecule has 0 bridgehead atoms. The van der Waals surface area contributed by atoms with Crippen LogP contribution in [-0.4, -0.2) is 0 Å². The number of hydrogen-bond acceptors (Lipinski definition) is 0. The van der Waals surface area contributed by atoms with E-state index in [1.807, 2.05) is 18.2 Å². The SMILES string of the molecule is C=Cc1cccc2ccccc12.c1ccc(-c2ccccc2)cc1. The molecule has 4 aromatic rings. The van der Waals surface area contributed by atoms with E-state index >= 15 is 0 Å². The molecule has 0 aliphatic heterocycles. The predicted octanol–water partition coefficient (Wildman–Crippen LogP) is 6.84. The molecule has 0 aliphatic rings. The third kappa shape index (κ3) is 3.80. The molecule has 0 unspecified atom stereocenters. The summed E-state index contributed by atoms with van der Waals surface area (Å²) in [4.78, 5) is 0. The summed E-state index contributed by atoms with van der Waals surface area (Å²) in [6.07, 6.45) is 1.89. The van der Waals surface area contributed by atoms with Crippen LogP contribution in [0.5, 0.6) is 0 Å². The summed E-state index contributed by atoms with van der Waals surface area (Å²) in [5.41, 5.74) is 3.75. The van der Waals surface area contributed by atoms with Crippen molar-refractivity contribution in [1.82, 2.24) is 0 Å². The van der Waals surface area contributed by atoms with Crippen molar-refractivity contribution < 1.29 is 0 Å². The number of fused-ring (bicyclic) bond motifs is 1. The van der Waals surface area contributed by atoms with Gasteiger partial charge in [-0.2, -0.15) is 0 Å². The number of rotatable bonds is 2. The lowest BCUT2D eigenvalue weighted by Gasteiger charge is -1.99. The molecule has 0 nitrogen and oxygen atoms in total. The monoisotopic (exact) mass is 308 g/mol. The Bertz CT molecular complexity index is 863. The van der Waals surface area contributed by atoms with Crippen molar-refractivity contribution in [2.24, 2.45) is 0 Å². The molecule has 24 heavy (non-hydrogen) atoms. The van der Waals surface area contributed by atoms with Crippen molar-refractivity contribution in [1.29, 1.82) is 0 Å². The molecule has 0 atom stereocenters. The first-order valence-corrected chi connectivity index (χ1v) is 8.09. The minimum absolute atomic E-state index is 1.20. The molecule has 0 heterocycles. The van der Waals surface area contributed by atoms with Gasteiger partial charge in [0.1, 0.15) is 0 Å². The first-order chi connectivity index (χ1) is 11.9. The van der Waals surface area contributed by atoms with Crippen LogP contribution < -0.4 is 0 Å². The van der Waals surface area contributed by atoms with E-state index < -0.39 is 0 Å². The first kappa shape index (κ1) is 15.8. The molecule has 0 amide bonds. The Morgan fingerprint density at radius 1 is 0.500 bits per heavy atom. The van der Waals surface area contributed by atoms with Crippen molar-refractivity contribution in [3.63, 3.8) is 0 Å². The summed E-state index contributed by atoms with van der Waals surface area (Å²) in [6.45, 7) is 3.78. The van der Waals surface area contributed by atoms with Crippen LogP contribution in [-0.2, 0) is 0 Å². The van der Waals surface area contributed by atoms with E-state index in [1.54, 1.807) is 0 Å². The normalized spacial score (nSPS) is 9.83. The second kappa shape index (κ2) is 7.94. The molecule has 116 valence electrons. The van der Waals surface area contributed by atoms with Crippen LogP contribution in [0.2, 0.25) is 0 Å². The van der Waals surface area contributed by atoms with E-state index in [1.165, 1.54) is 27.5 Å². The van der Waals surface area contributed by atoms with Gasteiger partial charge in [0, 0.05) is 0 Å². The van der Waals surface area contributed by atoms with Crippen LogP contribution in [0.25, 0.3) is 28.0 Å². The van der Waals surface area contributed by atoms with E-state index in [0.717, 1.165) is 0 Å². The minimum atomic E-state index is 1.20. The van der Waals surface area contributed by atoms with Gasteiger partial charge in [-0.25, -0.2) is 0 Å². The van der Waals surface area contributed by atoms with Crippen molar-refractivity contribution in [3.05, 3.63) is 115 Å². The van der Waals surface area contributed by atoms with Crippen LogP contribution >= 0.6 is 0 Å². The first-order valence-electron chi connectivity index (χ1n) is 8.09. The molecular formula is C24H20. The lowest BCUT2D eigenvalue weighted by molar-refractivity contribution is 1.62. The molecular weight excluding hydrogens is 288 g/mol. The van der Waals surface area contributed by atoms with Crippen LogP contribution in [0, 0.1) is 0 Å². The minimum Gasteiger partial charge on any atom is -0.0984 e. The molecule has 0 saturated heterocycles. The Labute approximate surface area is 143 Å². The summed E-state index contributed by atoms with van der Waals surface area (Å²) in [5.74, 6) is 0. The number of benzene rings is 4. The Hall–Kier alpha value is -3.12. The topological polar surface area (TPSA) is 0 Å². The lowest BCUT2D eigenvalue weighted by Crippen LogP contribution is -1.75. The Balaban J connectivity index is 0.000000141. The van der Waals surface area contributed by atoms with Crippen LogP contribution in [0.15, 0.2) is 110 Å². The number of hydrogen-bond donors (Lipinski definition) is 0. The summed E-state index contributed by atoms with van der Waals surface area (Å²) in [6, 6.07) is 35.4. The average Bonchev–Trinajstić information content (AvgIpc) is 2.69. The standard InChI is InChI=1S/2C12H10/c1-3-7-11(8-4-1)12-9-5-2-6-10-12;1-2-10-7-5-8-11-6-3-4-9-12(10)11/h1-10H;2-9H,1H2. The second-order valence-electron chi connectivity index (χ2n) is 5.50. The van der Waals surface area contributed by atoms with Gasteiger partial charge in [-0.05, 0) is 27.5 Å². The molecule has 0 saturated carbocycles. The maximum absolute atomic E-state index is 3.78. The van der Waals surface area contributed by atoms with Gasteiger partial charge < -0.3 is 0 Å². The molecule has 4 rings (SSSR count). The van der Waals surface area contributed by atoms with E-state index in [2.05, 4.69) is 97.6 Å². The highest BCUT2D eigenvalue weighted by atomic mass is 14.0. The third-order valence-corrected chi connectivity index (χ3v) is 3.92. The van der Waals surface area contributed by atoms with Gasteiger partial charge in [0.25, 0.3) is 0 Å². The second-order valence-corrected chi connectivity index (χ2v) is 5.50. The molecule has 0 heteroatoms. The molecule has 0 N–H and O–H groups in total. The van der Waals surface area contributed by atoms with Gasteiger partial charge in [-0.3, -0.25) is 0 Å². The summed E-state index contributed by atoms with van der Waals surface area (Å²) in [5, 5.41) is 2.55. The van der Waals surface area contributed by atoms with Crippen LogP contribution in [0.3, 0.4) is 0 Å². The quantitative estimate of drug-likeness (QED) is 0.380. The van der Waals surface area contributed by atoms with Crippen LogP contribution in [0.4, 0.5) is 0 Å². The maximum atomic E-state index is 3.78. The van der Waals surface area contributed by atoms with Crippen molar-refractivity contribution in [2.45, 2.75) is 0 Å². The van der Waals surface area contributed by atoms with Gasteiger partial charge in [-0.1, -0.05) is 116 Å². The highest BCUT2D eigenvalue weighted by Crippen LogP contribution is 2.19. The zero-order valence-corrected chi connectivity index (χ0v) is 13.6. The van der Waals surface area contributed by atoms with E-state index in [9.17, 15) is 0 Å². The summed E-state index contributed by atoms with van der Waals surface area (Å²) >= 11 is 0. The van der Waals surface area contributed by atoms with Gasteiger partial charge in [0.05, 0.1) is 0 Å². The highest BCUT2D eigenvalue weighted by Gasteiger charge is 1.94. The summed E-state index contributed by atoms with van der Waals surface area (Å²) in [7, 11) is 0. The highest BCUT2D eigenvalue weighted by molar-refractivity contribution is 5.90. The molecule has 4 aromatic carbocycles. The fourth-order valence-corrected chi connectivity index (χ4v) is 2.69. The fourth-order valence-electron chi connectivity index (χ4n) is 2.69. The smallest absolute Gasteiger partial charge is 0.0112 e. The molecule has 0 fully saturated rings. The van der Waals surface area contributed by atoms with Crippen molar-refractivity contribution >= 4 is 16.8 Å². The third-order valence-electron chi connectivity index (χ3n) is 3.92. The zero-order valence-electron chi connectivity index (χ0n) is 13.6. The zero-order chi connectivity index (χ0) is 16.6. The molecule has 0 aromatic heterocycles. The Morgan fingerprint density at radius 2 is 1.00 bits per heavy atom. The van der Waals surface area contributed by atoms with Gasteiger partial charge >= 0.3 is 0 Å². The van der Waals surface area contributed by atoms with Crippen LogP contribution in [0.1, 0.15) is 5.56 Å². The fraction of sp³-hybridized carbons (Fsp3) is 0. The summed E-state index contributed by atoms with van der Waals surface area (Å²) < 4.78 is 0. The largest absolute Gasteiger partial charge is 0.0984 e. The maximum Gasteiger partial charge on any atom is -0.0112 e. The lowest BCUT2D eigenvalue weighted by atomic mass is 10.1.